The van der Waals surface area contributed by atoms with Crippen LogP contribution in [0, 0.1) is 0 Å². The largest absolute Gasteiger partial charge is 0.497 e. The molecule has 2 aromatic carbocycles. The van der Waals surface area contributed by atoms with Gasteiger partial charge in [0.05, 0.1) is 19.9 Å². The molecule has 2 N–H and O–H groups in total. The summed E-state index contributed by atoms with van der Waals surface area (Å²) in [5, 5.41) is 6.83. The molecule has 0 fully saturated rings. The van der Waals surface area contributed by atoms with Crippen LogP contribution in [0.5, 0.6) is 5.75 Å². The Morgan fingerprint density at radius 1 is 1.17 bits per heavy atom. The summed E-state index contributed by atoms with van der Waals surface area (Å²) in [6.07, 6.45) is 1.44. The molecule has 0 bridgehead atoms. The topological polar surface area (TPSA) is 79.8 Å². The van der Waals surface area contributed by atoms with E-state index in [1.807, 2.05) is 6.07 Å². The van der Waals surface area contributed by atoms with Crippen molar-refractivity contribution in [3.8, 4) is 5.75 Å². The van der Waals surface area contributed by atoms with E-state index in [4.69, 9.17) is 16.3 Å². The molecule has 0 aromatic heterocycles. The van der Waals surface area contributed by atoms with Crippen LogP contribution in [-0.2, 0) is 4.79 Å². The van der Waals surface area contributed by atoms with E-state index >= 15 is 0 Å². The van der Waals surface area contributed by atoms with Gasteiger partial charge in [-0.15, -0.1) is 0 Å². The number of rotatable bonds is 6. The summed E-state index contributed by atoms with van der Waals surface area (Å²) in [6, 6.07) is 13.7. The Bertz CT molecular complexity index is 745. The van der Waals surface area contributed by atoms with Gasteiger partial charge in [0, 0.05) is 16.1 Å². The number of amides is 2. The van der Waals surface area contributed by atoms with E-state index in [0.29, 0.717) is 21.9 Å². The molecule has 6 nitrogen and oxygen atoms in total. The fourth-order valence-electron chi connectivity index (χ4n) is 1.80. The van der Waals surface area contributed by atoms with Crippen molar-refractivity contribution in [2.75, 3.05) is 13.7 Å². The summed E-state index contributed by atoms with van der Waals surface area (Å²) >= 11 is 5.96. The number of hydrazone groups is 1. The highest BCUT2D eigenvalue weighted by Crippen LogP contribution is 2.12. The van der Waals surface area contributed by atoms with Gasteiger partial charge < -0.3 is 10.1 Å². The molecule has 0 atom stereocenters. The van der Waals surface area contributed by atoms with Gasteiger partial charge in [0.1, 0.15) is 5.75 Å². The Balaban J connectivity index is 1.80. The molecule has 7 heteroatoms. The number of benzene rings is 2. The first kappa shape index (κ1) is 17.5. The lowest BCUT2D eigenvalue weighted by Crippen LogP contribution is -2.34. The van der Waals surface area contributed by atoms with E-state index in [2.05, 4.69) is 15.8 Å². The molecule has 0 saturated carbocycles. The summed E-state index contributed by atoms with van der Waals surface area (Å²) in [4.78, 5) is 23.6. The molecule has 0 aliphatic heterocycles. The minimum absolute atomic E-state index is 0.190. The normalized spacial score (nSPS) is 10.4. The van der Waals surface area contributed by atoms with Crippen molar-refractivity contribution >= 4 is 29.6 Å². The molecule has 2 aromatic rings. The van der Waals surface area contributed by atoms with Gasteiger partial charge >= 0.3 is 0 Å². The van der Waals surface area contributed by atoms with Crippen LogP contribution in [-0.4, -0.2) is 31.7 Å². The SMILES string of the molecule is COc1ccc(C(=O)NCC(=O)N/N=C/c2ccccc2Cl)cc1. The Morgan fingerprint density at radius 2 is 1.88 bits per heavy atom. The van der Waals surface area contributed by atoms with Crippen LogP contribution in [0.15, 0.2) is 53.6 Å². The number of methoxy groups -OCH3 is 1. The van der Waals surface area contributed by atoms with Crippen LogP contribution in [0.3, 0.4) is 0 Å². The molecule has 0 aliphatic rings. The van der Waals surface area contributed by atoms with Crippen LogP contribution in [0.25, 0.3) is 0 Å². The Kier molecular flexibility index (Phi) is 6.33. The van der Waals surface area contributed by atoms with E-state index in [1.165, 1.54) is 6.21 Å². The maximum absolute atomic E-state index is 11.9. The zero-order chi connectivity index (χ0) is 17.4. The number of carbonyl (C=O) groups is 2. The van der Waals surface area contributed by atoms with Crippen molar-refractivity contribution in [1.29, 1.82) is 0 Å². The Morgan fingerprint density at radius 3 is 2.54 bits per heavy atom. The molecule has 0 heterocycles. The highest BCUT2D eigenvalue weighted by molar-refractivity contribution is 6.33. The maximum atomic E-state index is 11.9. The third kappa shape index (κ3) is 5.10. The highest BCUT2D eigenvalue weighted by atomic mass is 35.5. The average molecular weight is 346 g/mol. The first-order chi connectivity index (χ1) is 11.6. The Hall–Kier alpha value is -2.86. The first-order valence-electron chi connectivity index (χ1n) is 7.09. The van der Waals surface area contributed by atoms with Crippen molar-refractivity contribution in [2.24, 2.45) is 5.10 Å². The quantitative estimate of drug-likeness (QED) is 0.622. The number of hydrogen-bond donors (Lipinski definition) is 2. The van der Waals surface area contributed by atoms with E-state index in [9.17, 15) is 9.59 Å². The van der Waals surface area contributed by atoms with E-state index in [-0.39, 0.29) is 12.5 Å². The molecule has 0 aliphatic carbocycles. The minimum Gasteiger partial charge on any atom is -0.497 e. The summed E-state index contributed by atoms with van der Waals surface area (Å²) in [7, 11) is 1.54. The van der Waals surface area contributed by atoms with Crippen LogP contribution >= 0.6 is 11.6 Å². The second kappa shape index (κ2) is 8.69. The van der Waals surface area contributed by atoms with Crippen LogP contribution in [0.1, 0.15) is 15.9 Å². The van der Waals surface area contributed by atoms with E-state index in [1.54, 1.807) is 49.6 Å². The molecule has 0 unspecified atom stereocenters. The molecule has 24 heavy (non-hydrogen) atoms. The number of nitrogens with zero attached hydrogens (tertiary/aromatic N) is 1. The molecular formula is C17H16ClN3O3. The lowest BCUT2D eigenvalue weighted by atomic mass is 10.2. The van der Waals surface area contributed by atoms with Crippen LogP contribution < -0.4 is 15.5 Å². The highest BCUT2D eigenvalue weighted by Gasteiger charge is 2.07. The first-order valence-corrected chi connectivity index (χ1v) is 7.46. The van der Waals surface area contributed by atoms with E-state index < -0.39 is 5.91 Å². The van der Waals surface area contributed by atoms with Crippen LogP contribution in [0.2, 0.25) is 5.02 Å². The maximum Gasteiger partial charge on any atom is 0.259 e. The number of nitrogens with one attached hydrogen (secondary N) is 2. The fraction of sp³-hybridized carbons (Fsp3) is 0.118. The lowest BCUT2D eigenvalue weighted by Gasteiger charge is -2.05. The van der Waals surface area contributed by atoms with Gasteiger partial charge in [-0.25, -0.2) is 5.43 Å². The molecule has 124 valence electrons. The second-order valence-electron chi connectivity index (χ2n) is 4.73. The molecule has 2 rings (SSSR count). The molecule has 0 radical (unpaired) electrons. The third-order valence-corrected chi connectivity index (χ3v) is 3.40. The predicted molar refractivity (Wildman–Crippen MR) is 92.5 cm³/mol. The monoisotopic (exact) mass is 345 g/mol. The van der Waals surface area contributed by atoms with Gasteiger partial charge in [-0.1, -0.05) is 29.8 Å². The van der Waals surface area contributed by atoms with Gasteiger partial charge in [-0.05, 0) is 30.3 Å². The summed E-state index contributed by atoms with van der Waals surface area (Å²) in [5.41, 5.74) is 3.44. The lowest BCUT2D eigenvalue weighted by molar-refractivity contribution is -0.120. The van der Waals surface area contributed by atoms with Crippen molar-refractivity contribution in [2.45, 2.75) is 0 Å². The number of halogens is 1. The zero-order valence-corrected chi connectivity index (χ0v) is 13.7. The van der Waals surface area contributed by atoms with Gasteiger partial charge in [0.2, 0.25) is 0 Å². The fourth-order valence-corrected chi connectivity index (χ4v) is 1.98. The number of hydrogen-bond acceptors (Lipinski definition) is 4. The second-order valence-corrected chi connectivity index (χ2v) is 5.13. The van der Waals surface area contributed by atoms with Gasteiger partial charge in [0.25, 0.3) is 11.8 Å². The van der Waals surface area contributed by atoms with Crippen LogP contribution in [0.4, 0.5) is 0 Å². The predicted octanol–water partition coefficient (Wildman–Crippen LogP) is 2.23. The minimum atomic E-state index is -0.444. The van der Waals surface area contributed by atoms with Gasteiger partial charge in [0.15, 0.2) is 0 Å². The summed E-state index contributed by atoms with van der Waals surface area (Å²) < 4.78 is 5.02. The molecular weight excluding hydrogens is 330 g/mol. The summed E-state index contributed by atoms with van der Waals surface area (Å²) in [5.74, 6) is -0.152. The Labute approximate surface area is 144 Å². The van der Waals surface area contributed by atoms with Gasteiger partial charge in [-0.2, -0.15) is 5.10 Å². The number of ether oxygens (including phenoxy) is 1. The van der Waals surface area contributed by atoms with Crippen molar-refractivity contribution < 1.29 is 14.3 Å². The average Bonchev–Trinajstić information content (AvgIpc) is 2.61. The molecule has 2 amide bonds. The molecule has 0 spiro atoms. The summed E-state index contributed by atoms with van der Waals surface area (Å²) in [6.45, 7) is -0.190. The van der Waals surface area contributed by atoms with E-state index in [0.717, 1.165) is 0 Å². The smallest absolute Gasteiger partial charge is 0.259 e. The standard InChI is InChI=1S/C17H16ClN3O3/c1-24-14-8-6-12(7-9-14)17(23)19-11-16(22)21-20-10-13-4-2-3-5-15(13)18/h2-10H,11H2,1H3,(H,19,23)(H,21,22)/b20-10+. The number of carbonyl (C=O) groups excluding carboxylic acids is 2. The van der Waals surface area contributed by atoms with Crippen molar-refractivity contribution in [3.05, 3.63) is 64.7 Å². The zero-order valence-electron chi connectivity index (χ0n) is 13.0. The van der Waals surface area contributed by atoms with Crippen molar-refractivity contribution in [1.82, 2.24) is 10.7 Å². The molecule has 0 saturated heterocycles. The van der Waals surface area contributed by atoms with Gasteiger partial charge in [-0.3, -0.25) is 9.59 Å². The van der Waals surface area contributed by atoms with Crippen molar-refractivity contribution in [3.63, 3.8) is 0 Å². The third-order valence-electron chi connectivity index (χ3n) is 3.06.